The predicted octanol–water partition coefficient (Wildman–Crippen LogP) is 1.23. The van der Waals surface area contributed by atoms with E-state index in [1.54, 1.807) is 34.6 Å². The lowest BCUT2D eigenvalue weighted by molar-refractivity contribution is -0.161. The summed E-state index contributed by atoms with van der Waals surface area (Å²) < 4.78 is 14.5. The van der Waals surface area contributed by atoms with Gasteiger partial charge in [0, 0.05) is 6.42 Å². The van der Waals surface area contributed by atoms with Gasteiger partial charge < -0.3 is 25.1 Å². The van der Waals surface area contributed by atoms with Gasteiger partial charge in [0.15, 0.2) is 0 Å². The van der Waals surface area contributed by atoms with E-state index in [2.05, 4.69) is 10.1 Å². The van der Waals surface area contributed by atoms with Gasteiger partial charge in [-0.1, -0.05) is 0 Å². The van der Waals surface area contributed by atoms with Gasteiger partial charge in [0.1, 0.15) is 6.04 Å². The van der Waals surface area contributed by atoms with Gasteiger partial charge in [-0.2, -0.15) is 4.79 Å². The first-order valence-corrected chi connectivity index (χ1v) is 7.98. The molecule has 0 aromatic heterocycles. The molecule has 1 amide bonds. The van der Waals surface area contributed by atoms with Crippen molar-refractivity contribution in [2.75, 3.05) is 6.79 Å². The molecular formula is C16H25N3O7. The molecule has 26 heavy (non-hydrogen) atoms. The van der Waals surface area contributed by atoms with E-state index in [-0.39, 0.29) is 12.8 Å². The van der Waals surface area contributed by atoms with Crippen LogP contribution < -0.4 is 5.32 Å². The van der Waals surface area contributed by atoms with Gasteiger partial charge in [-0.15, -0.1) is 0 Å². The van der Waals surface area contributed by atoms with Crippen molar-refractivity contribution in [3.8, 4) is 0 Å². The van der Waals surface area contributed by atoms with Crippen LogP contribution in [0.25, 0.3) is 5.53 Å². The number of carbonyl (C=O) groups is 4. The topological polar surface area (TPSA) is 144 Å². The standard InChI is InChI=1S/C16H25N3O7/c1-10(2)26-13(21)12(7-6-11(20)8-18-17)19-15(23)25-9-24-14(22)16(3,4)5/h8,10,12H,6-7,9H2,1-5H3,(H,19,23). The van der Waals surface area contributed by atoms with E-state index in [0.29, 0.717) is 6.21 Å². The Kier molecular flexibility index (Phi) is 9.83. The average molecular weight is 371 g/mol. The monoisotopic (exact) mass is 371 g/mol. The molecule has 0 spiro atoms. The van der Waals surface area contributed by atoms with E-state index in [9.17, 15) is 19.2 Å². The Morgan fingerprint density at radius 2 is 1.77 bits per heavy atom. The Labute approximate surface area is 151 Å². The number of amides is 1. The van der Waals surface area contributed by atoms with Crippen molar-refractivity contribution in [2.45, 2.75) is 59.6 Å². The molecule has 0 aromatic rings. The Morgan fingerprint density at radius 1 is 1.15 bits per heavy atom. The molecule has 10 heteroatoms. The van der Waals surface area contributed by atoms with Gasteiger partial charge in [0.05, 0.1) is 11.5 Å². The van der Waals surface area contributed by atoms with Crippen LogP contribution in [0.1, 0.15) is 47.5 Å². The molecule has 0 fully saturated rings. The molecule has 0 saturated carbocycles. The highest BCUT2D eigenvalue weighted by Crippen LogP contribution is 2.14. The molecule has 1 atom stereocenters. The number of esters is 2. The minimum absolute atomic E-state index is 0.0900. The summed E-state index contributed by atoms with van der Waals surface area (Å²) >= 11 is 0. The summed E-state index contributed by atoms with van der Waals surface area (Å²) in [5.41, 5.74) is 7.55. The maximum absolute atomic E-state index is 12.0. The maximum atomic E-state index is 12.0. The number of nitrogens with zero attached hydrogens (tertiary/aromatic N) is 2. The van der Waals surface area contributed by atoms with Crippen LogP contribution in [0.4, 0.5) is 4.79 Å². The fourth-order valence-electron chi connectivity index (χ4n) is 1.52. The first-order valence-electron chi connectivity index (χ1n) is 7.98. The number of rotatable bonds is 9. The number of nitrogens with one attached hydrogen (secondary N) is 1. The molecule has 0 saturated heterocycles. The van der Waals surface area contributed by atoms with Crippen LogP contribution in [-0.4, -0.2) is 53.8 Å². The van der Waals surface area contributed by atoms with Crippen molar-refractivity contribution in [1.82, 2.24) is 5.32 Å². The van der Waals surface area contributed by atoms with Crippen molar-refractivity contribution in [3.05, 3.63) is 5.53 Å². The number of hydrogen-bond donors (Lipinski definition) is 1. The summed E-state index contributed by atoms with van der Waals surface area (Å²) in [5.74, 6) is -1.85. The Morgan fingerprint density at radius 3 is 2.27 bits per heavy atom. The maximum Gasteiger partial charge on any atom is 0.410 e. The molecule has 0 aliphatic heterocycles. The SMILES string of the molecule is CC(C)OC(=O)C(CCC(=O)C=[N+]=[N-])NC(=O)OCOC(=O)C(C)(C)C. The first kappa shape index (κ1) is 23.3. The minimum Gasteiger partial charge on any atom is -0.461 e. The molecule has 146 valence electrons. The highest BCUT2D eigenvalue weighted by Gasteiger charge is 2.26. The Hall–Kier alpha value is -2.74. The number of alkyl carbamates (subject to hydrolysis) is 1. The van der Waals surface area contributed by atoms with Gasteiger partial charge in [0.25, 0.3) is 0 Å². The summed E-state index contributed by atoms with van der Waals surface area (Å²) in [4.78, 5) is 49.3. The van der Waals surface area contributed by atoms with E-state index in [0.717, 1.165) is 0 Å². The predicted molar refractivity (Wildman–Crippen MR) is 89.0 cm³/mol. The summed E-state index contributed by atoms with van der Waals surface area (Å²) in [6, 6.07) is -1.15. The largest absolute Gasteiger partial charge is 0.461 e. The summed E-state index contributed by atoms with van der Waals surface area (Å²) in [6.07, 6.45) is -1.00. The number of Topliss-reactive ketones (excluding diaryl/α,β-unsaturated/α-hetero) is 1. The van der Waals surface area contributed by atoms with Gasteiger partial charge in [-0.25, -0.2) is 9.59 Å². The summed E-state index contributed by atoms with van der Waals surface area (Å²) in [7, 11) is 0. The zero-order valence-electron chi connectivity index (χ0n) is 15.6. The second kappa shape index (κ2) is 11.0. The van der Waals surface area contributed by atoms with Crippen molar-refractivity contribution >= 4 is 30.0 Å². The fourth-order valence-corrected chi connectivity index (χ4v) is 1.52. The summed E-state index contributed by atoms with van der Waals surface area (Å²) in [5, 5.41) is 2.25. The fraction of sp³-hybridized carbons (Fsp3) is 0.688. The number of carbonyl (C=O) groups excluding carboxylic acids is 4. The van der Waals surface area contributed by atoms with Crippen LogP contribution in [-0.2, 0) is 28.6 Å². The van der Waals surface area contributed by atoms with Crippen LogP contribution in [0, 0.1) is 5.41 Å². The van der Waals surface area contributed by atoms with Gasteiger partial charge >= 0.3 is 24.2 Å². The molecule has 1 N–H and O–H groups in total. The van der Waals surface area contributed by atoms with E-state index in [4.69, 9.17) is 19.7 Å². The first-order chi connectivity index (χ1) is 12.0. The lowest BCUT2D eigenvalue weighted by Gasteiger charge is -2.19. The second-order valence-corrected chi connectivity index (χ2v) is 6.66. The Bertz CT molecular complexity index is 575. The van der Waals surface area contributed by atoms with Crippen LogP contribution in [0.2, 0.25) is 0 Å². The molecule has 0 bridgehead atoms. The number of ketones is 1. The molecule has 0 aromatic carbocycles. The average Bonchev–Trinajstić information content (AvgIpc) is 2.49. The van der Waals surface area contributed by atoms with Crippen LogP contribution in [0.5, 0.6) is 0 Å². The van der Waals surface area contributed by atoms with Crippen molar-refractivity contribution in [1.29, 1.82) is 0 Å². The third-order valence-corrected chi connectivity index (χ3v) is 2.80. The third kappa shape index (κ3) is 10.2. The number of hydrogen-bond acceptors (Lipinski definition) is 7. The zero-order chi connectivity index (χ0) is 20.3. The molecule has 1 unspecified atom stereocenters. The number of ether oxygens (including phenoxy) is 3. The van der Waals surface area contributed by atoms with Gasteiger partial charge in [0.2, 0.25) is 12.6 Å². The minimum atomic E-state index is -1.15. The van der Waals surface area contributed by atoms with Crippen molar-refractivity contribution in [2.24, 2.45) is 5.41 Å². The van der Waals surface area contributed by atoms with Gasteiger partial charge in [-0.05, 0) is 41.0 Å². The van der Waals surface area contributed by atoms with Crippen molar-refractivity contribution in [3.63, 3.8) is 0 Å². The Balaban J connectivity index is 4.66. The van der Waals surface area contributed by atoms with Crippen LogP contribution >= 0.6 is 0 Å². The molecule has 0 heterocycles. The molecular weight excluding hydrogens is 346 g/mol. The third-order valence-electron chi connectivity index (χ3n) is 2.80. The van der Waals surface area contributed by atoms with E-state index in [1.807, 2.05) is 0 Å². The van der Waals surface area contributed by atoms with Crippen molar-refractivity contribution < 1.29 is 38.2 Å². The highest BCUT2D eigenvalue weighted by molar-refractivity contribution is 6.25. The second-order valence-electron chi connectivity index (χ2n) is 6.66. The lowest BCUT2D eigenvalue weighted by Crippen LogP contribution is -2.43. The molecule has 0 aliphatic rings. The summed E-state index contributed by atoms with van der Waals surface area (Å²) in [6.45, 7) is 7.55. The lowest BCUT2D eigenvalue weighted by atomic mass is 9.98. The van der Waals surface area contributed by atoms with Crippen LogP contribution in [0.15, 0.2) is 0 Å². The van der Waals surface area contributed by atoms with Crippen LogP contribution in [0.3, 0.4) is 0 Å². The van der Waals surface area contributed by atoms with Gasteiger partial charge in [-0.3, -0.25) is 9.59 Å². The zero-order valence-corrected chi connectivity index (χ0v) is 15.6. The molecule has 0 radical (unpaired) electrons. The van der Waals surface area contributed by atoms with E-state index < -0.39 is 48.2 Å². The van der Waals surface area contributed by atoms with E-state index >= 15 is 0 Å². The smallest absolute Gasteiger partial charge is 0.410 e. The highest BCUT2D eigenvalue weighted by atomic mass is 16.7. The molecule has 0 aliphatic carbocycles. The van der Waals surface area contributed by atoms with E-state index in [1.165, 1.54) is 0 Å². The normalized spacial score (nSPS) is 11.8. The molecule has 0 rings (SSSR count). The molecule has 10 nitrogen and oxygen atoms in total. The quantitative estimate of drug-likeness (QED) is 0.211.